The molecule has 4 heteroatoms. The quantitative estimate of drug-likeness (QED) is 0.833. The van der Waals surface area contributed by atoms with Crippen molar-refractivity contribution < 1.29 is 0 Å². The molecule has 0 atom stereocenters. The Balaban J connectivity index is 2.07. The lowest BCUT2D eigenvalue weighted by molar-refractivity contribution is 0.726. The first-order valence-electron chi connectivity index (χ1n) is 6.52. The third kappa shape index (κ3) is 1.82. The minimum atomic E-state index is 0.688. The number of nitriles is 1. The van der Waals surface area contributed by atoms with Crippen molar-refractivity contribution in [1.29, 1.82) is 5.26 Å². The van der Waals surface area contributed by atoms with Crippen LogP contribution in [0.1, 0.15) is 31.2 Å². The number of hydrogen-bond donors (Lipinski definition) is 1. The molecule has 0 radical (unpaired) electrons. The van der Waals surface area contributed by atoms with E-state index in [2.05, 4.69) is 20.9 Å². The zero-order valence-corrected chi connectivity index (χ0v) is 10.3. The summed E-state index contributed by atoms with van der Waals surface area (Å²) in [7, 11) is 0. The summed E-state index contributed by atoms with van der Waals surface area (Å²) in [5.41, 5.74) is 2.43. The van der Waals surface area contributed by atoms with Crippen LogP contribution in [0.25, 0.3) is 11.0 Å². The van der Waals surface area contributed by atoms with Crippen LogP contribution in [-0.4, -0.2) is 23.1 Å². The standard InChI is InChI=1S/C14H16N4/c15-10-11-13-12(6-5-7-16-13)17-14(11)18-8-3-1-2-4-9-18/h5-7,17H,1-4,8-9H2. The Morgan fingerprint density at radius 1 is 1.22 bits per heavy atom. The Bertz CT molecular complexity index is 585. The highest BCUT2D eigenvalue weighted by Crippen LogP contribution is 2.28. The molecule has 0 saturated carbocycles. The van der Waals surface area contributed by atoms with E-state index in [0.717, 1.165) is 29.9 Å². The van der Waals surface area contributed by atoms with E-state index in [9.17, 15) is 5.26 Å². The summed E-state index contributed by atoms with van der Waals surface area (Å²) in [5.74, 6) is 0.952. The van der Waals surface area contributed by atoms with E-state index < -0.39 is 0 Å². The number of anilines is 1. The van der Waals surface area contributed by atoms with Gasteiger partial charge in [0.2, 0.25) is 0 Å². The molecule has 2 aromatic heterocycles. The molecule has 0 aliphatic carbocycles. The molecule has 0 unspecified atom stereocenters. The second-order valence-corrected chi connectivity index (χ2v) is 4.76. The largest absolute Gasteiger partial charge is 0.357 e. The molecule has 1 N–H and O–H groups in total. The fraction of sp³-hybridized carbons (Fsp3) is 0.429. The summed E-state index contributed by atoms with van der Waals surface area (Å²) in [5, 5.41) is 9.37. The molecule has 0 aromatic carbocycles. The van der Waals surface area contributed by atoms with E-state index in [0.29, 0.717) is 5.56 Å². The molecule has 0 bridgehead atoms. The fourth-order valence-corrected chi connectivity index (χ4v) is 2.64. The number of nitrogens with one attached hydrogen (secondary N) is 1. The average molecular weight is 240 g/mol. The van der Waals surface area contributed by atoms with Crippen LogP contribution in [0.5, 0.6) is 0 Å². The molecule has 92 valence electrons. The van der Waals surface area contributed by atoms with Crippen LogP contribution in [0.15, 0.2) is 18.3 Å². The Kier molecular flexibility index (Phi) is 2.89. The summed E-state index contributed by atoms with van der Waals surface area (Å²) in [6.07, 6.45) is 6.72. The Morgan fingerprint density at radius 2 is 2.00 bits per heavy atom. The van der Waals surface area contributed by atoms with Gasteiger partial charge in [0.15, 0.2) is 0 Å². The maximum absolute atomic E-state index is 9.37. The number of aromatic amines is 1. The van der Waals surface area contributed by atoms with Gasteiger partial charge < -0.3 is 9.88 Å². The van der Waals surface area contributed by atoms with Gasteiger partial charge in [-0.3, -0.25) is 4.98 Å². The van der Waals surface area contributed by atoms with Gasteiger partial charge in [0, 0.05) is 19.3 Å². The van der Waals surface area contributed by atoms with Gasteiger partial charge in [-0.05, 0) is 25.0 Å². The number of aromatic nitrogens is 2. The normalized spacial score (nSPS) is 16.5. The maximum atomic E-state index is 9.37. The zero-order chi connectivity index (χ0) is 12.4. The highest BCUT2D eigenvalue weighted by atomic mass is 15.2. The van der Waals surface area contributed by atoms with E-state index in [1.54, 1.807) is 6.20 Å². The van der Waals surface area contributed by atoms with E-state index >= 15 is 0 Å². The highest BCUT2D eigenvalue weighted by molar-refractivity contribution is 5.88. The number of pyridine rings is 1. The minimum absolute atomic E-state index is 0.688. The number of hydrogen-bond acceptors (Lipinski definition) is 3. The second kappa shape index (κ2) is 4.69. The van der Waals surface area contributed by atoms with Gasteiger partial charge in [-0.1, -0.05) is 12.8 Å². The predicted molar refractivity (Wildman–Crippen MR) is 71.5 cm³/mol. The van der Waals surface area contributed by atoms with Gasteiger partial charge in [0.25, 0.3) is 0 Å². The number of nitrogens with zero attached hydrogens (tertiary/aromatic N) is 3. The molecule has 0 spiro atoms. The molecular formula is C14H16N4. The SMILES string of the molecule is N#Cc1c(N2CCCCCC2)[nH]c2cccnc12. The van der Waals surface area contributed by atoms with Gasteiger partial charge in [0.1, 0.15) is 23.0 Å². The van der Waals surface area contributed by atoms with E-state index in [-0.39, 0.29) is 0 Å². The molecule has 1 aliphatic rings. The van der Waals surface area contributed by atoms with Crippen molar-refractivity contribution >= 4 is 16.9 Å². The van der Waals surface area contributed by atoms with Crippen molar-refractivity contribution in [2.75, 3.05) is 18.0 Å². The zero-order valence-electron chi connectivity index (χ0n) is 10.3. The third-order valence-corrected chi connectivity index (χ3v) is 3.57. The van der Waals surface area contributed by atoms with Gasteiger partial charge in [-0.15, -0.1) is 0 Å². The van der Waals surface area contributed by atoms with Crippen molar-refractivity contribution in [3.05, 3.63) is 23.9 Å². The van der Waals surface area contributed by atoms with Crippen LogP contribution < -0.4 is 4.90 Å². The minimum Gasteiger partial charge on any atom is -0.357 e. The summed E-state index contributed by atoms with van der Waals surface area (Å²) < 4.78 is 0. The molecular weight excluding hydrogens is 224 g/mol. The first kappa shape index (κ1) is 11.1. The highest BCUT2D eigenvalue weighted by Gasteiger charge is 2.18. The van der Waals surface area contributed by atoms with E-state index in [4.69, 9.17) is 0 Å². The molecule has 0 amide bonds. The summed E-state index contributed by atoms with van der Waals surface area (Å²) >= 11 is 0. The van der Waals surface area contributed by atoms with Gasteiger partial charge in [-0.2, -0.15) is 5.26 Å². The van der Waals surface area contributed by atoms with Gasteiger partial charge >= 0.3 is 0 Å². The molecule has 1 aliphatic heterocycles. The topological polar surface area (TPSA) is 55.7 Å². The van der Waals surface area contributed by atoms with Crippen LogP contribution in [0.4, 0.5) is 5.82 Å². The number of H-pyrrole nitrogens is 1. The predicted octanol–water partition coefficient (Wildman–Crippen LogP) is 2.81. The molecule has 2 aromatic rings. The number of fused-ring (bicyclic) bond motifs is 1. The smallest absolute Gasteiger partial charge is 0.126 e. The van der Waals surface area contributed by atoms with Crippen LogP contribution in [-0.2, 0) is 0 Å². The molecule has 3 heterocycles. The van der Waals surface area contributed by atoms with Gasteiger partial charge in [0.05, 0.1) is 5.52 Å². The summed E-state index contributed by atoms with van der Waals surface area (Å²) in [4.78, 5) is 9.96. The lowest BCUT2D eigenvalue weighted by atomic mass is 10.2. The van der Waals surface area contributed by atoms with E-state index in [1.165, 1.54) is 25.7 Å². The van der Waals surface area contributed by atoms with Crippen molar-refractivity contribution in [3.63, 3.8) is 0 Å². The average Bonchev–Trinajstić information content (AvgIpc) is 2.59. The molecule has 18 heavy (non-hydrogen) atoms. The lowest BCUT2D eigenvalue weighted by Crippen LogP contribution is -2.24. The van der Waals surface area contributed by atoms with Crippen LogP contribution in [0.2, 0.25) is 0 Å². The Morgan fingerprint density at radius 3 is 2.72 bits per heavy atom. The lowest BCUT2D eigenvalue weighted by Gasteiger charge is -2.20. The molecule has 4 nitrogen and oxygen atoms in total. The monoisotopic (exact) mass is 240 g/mol. The van der Waals surface area contributed by atoms with Gasteiger partial charge in [-0.25, -0.2) is 0 Å². The van der Waals surface area contributed by atoms with E-state index in [1.807, 2.05) is 12.1 Å². The van der Waals surface area contributed by atoms with Crippen LogP contribution >= 0.6 is 0 Å². The van der Waals surface area contributed by atoms with Crippen molar-refractivity contribution in [3.8, 4) is 6.07 Å². The van der Waals surface area contributed by atoms with Crippen molar-refractivity contribution in [2.24, 2.45) is 0 Å². The number of rotatable bonds is 1. The summed E-state index contributed by atoms with van der Waals surface area (Å²) in [6, 6.07) is 6.17. The van der Waals surface area contributed by atoms with Crippen LogP contribution in [0.3, 0.4) is 0 Å². The first-order chi connectivity index (χ1) is 8.90. The second-order valence-electron chi connectivity index (χ2n) is 4.76. The Labute approximate surface area is 106 Å². The van der Waals surface area contributed by atoms with Crippen molar-refractivity contribution in [1.82, 2.24) is 9.97 Å². The molecule has 1 saturated heterocycles. The third-order valence-electron chi connectivity index (χ3n) is 3.57. The first-order valence-corrected chi connectivity index (χ1v) is 6.52. The Hall–Kier alpha value is -2.02. The summed E-state index contributed by atoms with van der Waals surface area (Å²) in [6.45, 7) is 2.06. The maximum Gasteiger partial charge on any atom is 0.126 e. The fourth-order valence-electron chi connectivity index (χ4n) is 2.64. The molecule has 3 rings (SSSR count). The molecule has 1 fully saturated rings. The van der Waals surface area contributed by atoms with Crippen molar-refractivity contribution in [2.45, 2.75) is 25.7 Å². The van der Waals surface area contributed by atoms with Crippen LogP contribution in [0, 0.1) is 11.3 Å².